The van der Waals surface area contributed by atoms with Gasteiger partial charge in [-0.2, -0.15) is 13.2 Å². The van der Waals surface area contributed by atoms with Gasteiger partial charge in [-0.25, -0.2) is 4.90 Å². The quantitative estimate of drug-likeness (QED) is 0.764. The smallest absolute Gasteiger partial charge is 0.349 e. The minimum atomic E-state index is -4.60. The van der Waals surface area contributed by atoms with Crippen molar-refractivity contribution in [3.63, 3.8) is 0 Å². The fourth-order valence-electron chi connectivity index (χ4n) is 2.67. The van der Waals surface area contributed by atoms with Crippen LogP contribution in [-0.2, 0) is 15.8 Å². The van der Waals surface area contributed by atoms with E-state index in [2.05, 4.69) is 5.32 Å². The molecule has 0 unspecified atom stereocenters. The van der Waals surface area contributed by atoms with Crippen LogP contribution in [0.2, 0.25) is 0 Å². The average Bonchev–Trinajstić information content (AvgIpc) is 2.81. The first-order valence-corrected chi connectivity index (χ1v) is 8.27. The number of nitrogens with one attached hydrogen (secondary N) is 1. The lowest BCUT2D eigenvalue weighted by atomic mass is 10.1. The van der Waals surface area contributed by atoms with Gasteiger partial charge in [-0.05, 0) is 49.2 Å². The Bertz CT molecular complexity index is 983. The Morgan fingerprint density at radius 2 is 1.70 bits per heavy atom. The van der Waals surface area contributed by atoms with Crippen LogP contribution in [0.25, 0.3) is 0 Å². The lowest BCUT2D eigenvalue weighted by Gasteiger charge is -2.17. The van der Waals surface area contributed by atoms with E-state index in [-0.39, 0.29) is 16.4 Å². The summed E-state index contributed by atoms with van der Waals surface area (Å²) in [4.78, 5) is 25.8. The first-order valence-electron chi connectivity index (χ1n) is 7.89. The molecule has 8 heteroatoms. The molecule has 0 atom stereocenters. The SMILES string of the molecule is Cc1ccc(C)c(NC2=C(Cl)C(=O)N(c3cccc(C(F)(F)F)c3)C2=O)c1. The molecule has 1 aliphatic rings. The van der Waals surface area contributed by atoms with E-state index in [9.17, 15) is 22.8 Å². The van der Waals surface area contributed by atoms with Crippen LogP contribution in [-0.4, -0.2) is 11.8 Å². The predicted octanol–water partition coefficient (Wildman–Crippen LogP) is 4.76. The van der Waals surface area contributed by atoms with Gasteiger partial charge in [0.2, 0.25) is 0 Å². The number of alkyl halides is 3. The number of hydrogen-bond acceptors (Lipinski definition) is 3. The number of rotatable bonds is 3. The normalized spacial score (nSPS) is 15.0. The third-order valence-electron chi connectivity index (χ3n) is 4.11. The summed E-state index contributed by atoms with van der Waals surface area (Å²) in [5.41, 5.74) is 0.980. The average molecular weight is 395 g/mol. The molecule has 4 nitrogen and oxygen atoms in total. The third-order valence-corrected chi connectivity index (χ3v) is 4.46. The number of nitrogens with zero attached hydrogens (tertiary/aromatic N) is 1. The van der Waals surface area contributed by atoms with Gasteiger partial charge >= 0.3 is 6.18 Å². The number of aryl methyl sites for hydroxylation is 2. The molecule has 0 fully saturated rings. The van der Waals surface area contributed by atoms with Crippen molar-refractivity contribution in [1.29, 1.82) is 0 Å². The maximum absolute atomic E-state index is 12.9. The number of carbonyl (C=O) groups excluding carboxylic acids is 2. The summed E-state index contributed by atoms with van der Waals surface area (Å²) in [7, 11) is 0. The number of anilines is 2. The Kier molecular flexibility index (Phi) is 4.73. The van der Waals surface area contributed by atoms with Crippen molar-refractivity contribution in [3.05, 3.63) is 69.9 Å². The molecule has 0 aliphatic carbocycles. The zero-order chi connectivity index (χ0) is 19.9. The highest BCUT2D eigenvalue weighted by atomic mass is 35.5. The van der Waals surface area contributed by atoms with Crippen LogP contribution >= 0.6 is 11.6 Å². The van der Waals surface area contributed by atoms with Gasteiger partial charge in [-0.15, -0.1) is 0 Å². The van der Waals surface area contributed by atoms with Crippen molar-refractivity contribution in [2.24, 2.45) is 0 Å². The standard InChI is InChI=1S/C19H14ClF3N2O2/c1-10-6-7-11(2)14(8-10)24-16-15(20)17(26)25(18(16)27)13-5-3-4-12(9-13)19(21,22)23/h3-9,24H,1-2H3. The van der Waals surface area contributed by atoms with Crippen molar-refractivity contribution < 1.29 is 22.8 Å². The van der Waals surface area contributed by atoms with E-state index >= 15 is 0 Å². The van der Waals surface area contributed by atoms with Crippen LogP contribution in [0, 0.1) is 13.8 Å². The van der Waals surface area contributed by atoms with Gasteiger partial charge in [0.15, 0.2) is 0 Å². The zero-order valence-corrected chi connectivity index (χ0v) is 15.1. The lowest BCUT2D eigenvalue weighted by molar-refractivity contribution is -0.137. The molecule has 0 spiro atoms. The Morgan fingerprint density at radius 3 is 2.37 bits per heavy atom. The van der Waals surface area contributed by atoms with E-state index in [1.165, 1.54) is 6.07 Å². The van der Waals surface area contributed by atoms with Crippen LogP contribution < -0.4 is 10.2 Å². The van der Waals surface area contributed by atoms with E-state index in [0.717, 1.165) is 29.3 Å². The molecule has 2 aromatic rings. The topological polar surface area (TPSA) is 49.4 Å². The highest BCUT2D eigenvalue weighted by Gasteiger charge is 2.40. The Balaban J connectivity index is 1.96. The minimum absolute atomic E-state index is 0.173. The highest BCUT2D eigenvalue weighted by Crippen LogP contribution is 2.35. The Hall–Kier alpha value is -2.80. The molecule has 0 aromatic heterocycles. The molecule has 140 valence electrons. The first kappa shape index (κ1) is 19.0. The van der Waals surface area contributed by atoms with Crippen LogP contribution in [0.15, 0.2) is 53.2 Å². The summed E-state index contributed by atoms with van der Waals surface area (Å²) in [6, 6.07) is 9.46. The van der Waals surface area contributed by atoms with Crippen molar-refractivity contribution in [3.8, 4) is 0 Å². The van der Waals surface area contributed by atoms with E-state index in [0.29, 0.717) is 10.6 Å². The van der Waals surface area contributed by atoms with E-state index < -0.39 is 23.6 Å². The number of carbonyl (C=O) groups is 2. The molecule has 0 saturated heterocycles. The molecule has 0 saturated carbocycles. The van der Waals surface area contributed by atoms with Crippen LogP contribution in [0.4, 0.5) is 24.5 Å². The Morgan fingerprint density at radius 1 is 1.00 bits per heavy atom. The fourth-order valence-corrected chi connectivity index (χ4v) is 2.88. The second-order valence-corrected chi connectivity index (χ2v) is 6.50. The van der Waals surface area contributed by atoms with Crippen molar-refractivity contribution in [2.75, 3.05) is 10.2 Å². The van der Waals surface area contributed by atoms with Crippen LogP contribution in [0.5, 0.6) is 0 Å². The molecule has 2 aromatic carbocycles. The van der Waals surface area contributed by atoms with Gasteiger partial charge in [0.25, 0.3) is 11.8 Å². The number of amides is 2. The zero-order valence-electron chi connectivity index (χ0n) is 14.3. The molecule has 1 aliphatic heterocycles. The van der Waals surface area contributed by atoms with E-state index in [1.54, 1.807) is 6.07 Å². The summed E-state index contributed by atoms with van der Waals surface area (Å²) in [6.45, 7) is 3.67. The summed E-state index contributed by atoms with van der Waals surface area (Å²) in [6.07, 6.45) is -4.60. The van der Waals surface area contributed by atoms with Gasteiger partial charge in [0, 0.05) is 5.69 Å². The van der Waals surface area contributed by atoms with Crippen LogP contribution in [0.1, 0.15) is 16.7 Å². The number of imide groups is 1. The number of halogens is 4. The molecule has 0 radical (unpaired) electrons. The van der Waals surface area contributed by atoms with E-state index in [4.69, 9.17) is 11.6 Å². The fraction of sp³-hybridized carbons (Fsp3) is 0.158. The monoisotopic (exact) mass is 394 g/mol. The summed E-state index contributed by atoms with van der Waals surface area (Å²) < 4.78 is 38.8. The van der Waals surface area contributed by atoms with E-state index in [1.807, 2.05) is 26.0 Å². The molecule has 1 heterocycles. The van der Waals surface area contributed by atoms with Crippen molar-refractivity contribution in [1.82, 2.24) is 0 Å². The second-order valence-electron chi connectivity index (χ2n) is 6.13. The largest absolute Gasteiger partial charge is 0.416 e. The molecular weight excluding hydrogens is 381 g/mol. The van der Waals surface area contributed by atoms with Crippen molar-refractivity contribution >= 4 is 34.8 Å². The van der Waals surface area contributed by atoms with Gasteiger partial charge in [0.1, 0.15) is 10.7 Å². The summed E-state index contributed by atoms with van der Waals surface area (Å²) >= 11 is 6.02. The molecule has 0 bridgehead atoms. The third kappa shape index (κ3) is 3.55. The Labute approximate surface area is 158 Å². The molecule has 3 rings (SSSR count). The van der Waals surface area contributed by atoms with Crippen molar-refractivity contribution in [2.45, 2.75) is 20.0 Å². The maximum atomic E-state index is 12.9. The summed E-state index contributed by atoms with van der Waals surface area (Å²) in [5.74, 6) is -1.70. The number of benzene rings is 2. The molecule has 1 N–H and O–H groups in total. The molecule has 27 heavy (non-hydrogen) atoms. The number of hydrogen-bond donors (Lipinski definition) is 1. The van der Waals surface area contributed by atoms with Gasteiger partial charge in [-0.3, -0.25) is 9.59 Å². The second kappa shape index (κ2) is 6.74. The van der Waals surface area contributed by atoms with Crippen LogP contribution in [0.3, 0.4) is 0 Å². The molecule has 2 amide bonds. The highest BCUT2D eigenvalue weighted by molar-refractivity contribution is 6.53. The van der Waals surface area contributed by atoms with Gasteiger partial charge in [-0.1, -0.05) is 29.8 Å². The van der Waals surface area contributed by atoms with Gasteiger partial charge < -0.3 is 5.32 Å². The first-order chi connectivity index (χ1) is 12.6. The predicted molar refractivity (Wildman–Crippen MR) is 96.4 cm³/mol. The lowest BCUT2D eigenvalue weighted by Crippen LogP contribution is -2.32. The maximum Gasteiger partial charge on any atom is 0.416 e. The summed E-state index contributed by atoms with van der Waals surface area (Å²) in [5, 5.41) is 2.46. The minimum Gasteiger partial charge on any atom is -0.349 e. The molecular formula is C19H14ClF3N2O2. The van der Waals surface area contributed by atoms with Gasteiger partial charge in [0.05, 0.1) is 11.3 Å².